The normalized spacial score (nSPS) is 17.2. The molecule has 3 aliphatic rings. The molecule has 6 nitrogen and oxygen atoms in total. The average molecular weight is 593 g/mol. The van der Waals surface area contributed by atoms with Crippen LogP contribution in [0.4, 0.5) is 22.0 Å². The van der Waals surface area contributed by atoms with Crippen molar-refractivity contribution in [2.45, 2.75) is 57.0 Å². The molecule has 0 amide bonds. The van der Waals surface area contributed by atoms with Crippen molar-refractivity contribution in [1.82, 2.24) is 15.3 Å². The van der Waals surface area contributed by atoms with Gasteiger partial charge < -0.3 is 20.4 Å². The summed E-state index contributed by atoms with van der Waals surface area (Å²) in [4.78, 5) is 14.6. The van der Waals surface area contributed by atoms with E-state index in [-0.39, 0.29) is 11.2 Å². The van der Waals surface area contributed by atoms with Crippen molar-refractivity contribution < 1.29 is 4.39 Å². The molecule has 0 spiro atoms. The second-order valence-electron chi connectivity index (χ2n) is 12.1. The fourth-order valence-electron chi connectivity index (χ4n) is 7.00. The Morgan fingerprint density at radius 3 is 1.86 bits per heavy atom. The smallest absolute Gasteiger partial charge is 0.232 e. The van der Waals surface area contributed by atoms with Crippen LogP contribution in [0.2, 0.25) is 0 Å². The van der Waals surface area contributed by atoms with Crippen LogP contribution in [-0.2, 0) is 31.3 Å². The molecule has 0 radical (unpaired) electrons. The SMILES string of the molecule is Fc1ccc(C2(CNC(=S)Nc3nc(N4CCc5ccccc5C4)cc(N4CCc5ccccc5C4)n3)CCCC2)cc1. The number of hydrogen-bond acceptors (Lipinski definition) is 5. The van der Waals surface area contributed by atoms with Crippen LogP contribution in [0.25, 0.3) is 0 Å². The van der Waals surface area contributed by atoms with Crippen molar-refractivity contribution in [1.29, 1.82) is 0 Å². The quantitative estimate of drug-likeness (QED) is 0.247. The Morgan fingerprint density at radius 2 is 1.30 bits per heavy atom. The van der Waals surface area contributed by atoms with Gasteiger partial charge in [-0.2, -0.15) is 9.97 Å². The topological polar surface area (TPSA) is 56.3 Å². The number of rotatable bonds is 6. The minimum Gasteiger partial charge on any atom is -0.361 e. The maximum atomic E-state index is 13.7. The van der Waals surface area contributed by atoms with Gasteiger partial charge in [-0.3, -0.25) is 0 Å². The fraction of sp³-hybridized carbons (Fsp3) is 0.343. The van der Waals surface area contributed by atoms with Gasteiger partial charge >= 0.3 is 0 Å². The number of nitrogens with one attached hydrogen (secondary N) is 2. The molecule has 2 aliphatic heterocycles. The van der Waals surface area contributed by atoms with Gasteiger partial charge in [0, 0.05) is 44.2 Å². The predicted octanol–water partition coefficient (Wildman–Crippen LogP) is 6.54. The van der Waals surface area contributed by atoms with Gasteiger partial charge in [-0.1, -0.05) is 73.5 Å². The summed E-state index contributed by atoms with van der Waals surface area (Å²) in [5.74, 6) is 2.11. The Kier molecular flexibility index (Phi) is 7.70. The summed E-state index contributed by atoms with van der Waals surface area (Å²) < 4.78 is 13.7. The summed E-state index contributed by atoms with van der Waals surface area (Å²) in [5.41, 5.74) is 6.61. The number of benzene rings is 3. The third-order valence-corrected chi connectivity index (χ3v) is 9.68. The van der Waals surface area contributed by atoms with Crippen LogP contribution < -0.4 is 20.4 Å². The summed E-state index contributed by atoms with van der Waals surface area (Å²) in [7, 11) is 0. The van der Waals surface area contributed by atoms with Crippen LogP contribution in [0.15, 0.2) is 78.9 Å². The van der Waals surface area contributed by atoms with E-state index < -0.39 is 0 Å². The molecule has 0 bridgehead atoms. The van der Waals surface area contributed by atoms with Gasteiger partial charge in [0.05, 0.1) is 0 Å². The Labute approximate surface area is 258 Å². The first-order chi connectivity index (χ1) is 21.0. The van der Waals surface area contributed by atoms with E-state index in [1.807, 2.05) is 12.1 Å². The number of anilines is 3. The van der Waals surface area contributed by atoms with Crippen molar-refractivity contribution in [3.05, 3.63) is 112 Å². The van der Waals surface area contributed by atoms with E-state index in [1.165, 1.54) is 22.3 Å². The number of aromatic nitrogens is 2. The zero-order valence-electron chi connectivity index (χ0n) is 24.4. The van der Waals surface area contributed by atoms with Crippen molar-refractivity contribution in [2.24, 2.45) is 0 Å². The minimum absolute atomic E-state index is 0.0598. The van der Waals surface area contributed by atoms with Gasteiger partial charge in [-0.05, 0) is 77.9 Å². The molecule has 3 heterocycles. The van der Waals surface area contributed by atoms with Crippen molar-refractivity contribution in [3.63, 3.8) is 0 Å². The molecule has 7 rings (SSSR count). The molecule has 1 fully saturated rings. The molecule has 0 atom stereocenters. The molecule has 4 aromatic rings. The largest absolute Gasteiger partial charge is 0.361 e. The lowest BCUT2D eigenvalue weighted by Crippen LogP contribution is -2.41. The van der Waals surface area contributed by atoms with Crippen LogP contribution in [0.1, 0.15) is 53.5 Å². The number of hydrogen-bond donors (Lipinski definition) is 2. The fourth-order valence-corrected chi connectivity index (χ4v) is 7.17. The van der Waals surface area contributed by atoms with Crippen molar-refractivity contribution in [3.8, 4) is 0 Å². The molecule has 2 N–H and O–H groups in total. The van der Waals surface area contributed by atoms with Crippen LogP contribution in [0.3, 0.4) is 0 Å². The molecule has 1 aromatic heterocycles. The summed E-state index contributed by atoms with van der Waals surface area (Å²) >= 11 is 5.81. The standard InChI is InChI=1S/C35H37FN6S/c36-30-13-11-29(12-14-30)35(17-5-6-18-35)24-37-34(43)40-33-38-31(41-19-15-25-7-1-3-9-27(25)22-41)21-32(39-33)42-20-16-26-8-2-4-10-28(26)23-42/h1-4,7-14,21H,5-6,15-20,22-24H2,(H2,37,38,39,40,43). The summed E-state index contributed by atoms with van der Waals surface area (Å²) in [6, 6.07) is 26.4. The monoisotopic (exact) mass is 592 g/mol. The molecule has 3 aromatic carbocycles. The highest BCUT2D eigenvalue weighted by atomic mass is 32.1. The first-order valence-electron chi connectivity index (χ1n) is 15.4. The van der Waals surface area contributed by atoms with Gasteiger partial charge in [0.15, 0.2) is 5.11 Å². The highest BCUT2D eigenvalue weighted by Crippen LogP contribution is 2.40. The molecule has 0 saturated heterocycles. The maximum Gasteiger partial charge on any atom is 0.232 e. The average Bonchev–Trinajstić information content (AvgIpc) is 3.54. The van der Waals surface area contributed by atoms with E-state index in [1.54, 1.807) is 12.1 Å². The molecule has 8 heteroatoms. The minimum atomic E-state index is -0.204. The molecule has 220 valence electrons. The zero-order valence-corrected chi connectivity index (χ0v) is 25.2. The molecule has 0 unspecified atom stereocenters. The van der Waals surface area contributed by atoms with Crippen molar-refractivity contribution >= 4 is 34.9 Å². The predicted molar refractivity (Wildman–Crippen MR) is 175 cm³/mol. The van der Waals surface area contributed by atoms with Gasteiger partial charge in [0.1, 0.15) is 17.5 Å². The van der Waals surface area contributed by atoms with E-state index in [4.69, 9.17) is 22.2 Å². The maximum absolute atomic E-state index is 13.7. The van der Waals surface area contributed by atoms with Crippen LogP contribution in [0, 0.1) is 5.82 Å². The molecular weight excluding hydrogens is 555 g/mol. The number of fused-ring (bicyclic) bond motifs is 2. The van der Waals surface area contributed by atoms with E-state index >= 15 is 0 Å². The van der Waals surface area contributed by atoms with Crippen LogP contribution >= 0.6 is 12.2 Å². The van der Waals surface area contributed by atoms with Gasteiger partial charge in [0.2, 0.25) is 5.95 Å². The van der Waals surface area contributed by atoms with E-state index in [2.05, 4.69) is 75.0 Å². The third-order valence-electron chi connectivity index (χ3n) is 9.44. The lowest BCUT2D eigenvalue weighted by atomic mass is 9.79. The van der Waals surface area contributed by atoms with Gasteiger partial charge in [-0.25, -0.2) is 4.39 Å². The van der Waals surface area contributed by atoms with Crippen molar-refractivity contribution in [2.75, 3.05) is 34.8 Å². The Balaban J connectivity index is 1.13. The first-order valence-corrected chi connectivity index (χ1v) is 15.8. The molecular formula is C35H37FN6S. The lowest BCUT2D eigenvalue weighted by molar-refractivity contribution is 0.434. The summed E-state index contributed by atoms with van der Waals surface area (Å²) in [5, 5.41) is 7.30. The van der Waals surface area contributed by atoms with E-state index in [9.17, 15) is 4.39 Å². The van der Waals surface area contributed by atoms with E-state index in [0.717, 1.165) is 81.9 Å². The van der Waals surface area contributed by atoms with Gasteiger partial charge in [-0.15, -0.1) is 0 Å². The summed E-state index contributed by atoms with van der Waals surface area (Å²) in [6.07, 6.45) is 6.40. The zero-order chi connectivity index (χ0) is 29.2. The molecule has 1 aliphatic carbocycles. The first kappa shape index (κ1) is 27.8. The highest BCUT2D eigenvalue weighted by molar-refractivity contribution is 7.80. The highest BCUT2D eigenvalue weighted by Gasteiger charge is 2.35. The second kappa shape index (κ2) is 11.9. The molecule has 1 saturated carbocycles. The number of nitrogens with zero attached hydrogens (tertiary/aromatic N) is 4. The van der Waals surface area contributed by atoms with E-state index in [0.29, 0.717) is 17.6 Å². The third kappa shape index (κ3) is 5.93. The molecule has 43 heavy (non-hydrogen) atoms. The number of halogens is 1. The van der Waals surface area contributed by atoms with Gasteiger partial charge in [0.25, 0.3) is 0 Å². The Bertz CT molecular complexity index is 1540. The number of thiocarbonyl (C=S) groups is 1. The Hall–Kier alpha value is -4.04. The van der Waals surface area contributed by atoms with Crippen LogP contribution in [-0.4, -0.2) is 34.7 Å². The Morgan fingerprint density at radius 1 is 0.767 bits per heavy atom. The van der Waals surface area contributed by atoms with Crippen LogP contribution in [0.5, 0.6) is 0 Å². The summed E-state index contributed by atoms with van der Waals surface area (Å²) in [6.45, 7) is 4.12. The lowest BCUT2D eigenvalue weighted by Gasteiger charge is -2.33. The second-order valence-corrected chi connectivity index (χ2v) is 12.5.